The summed E-state index contributed by atoms with van der Waals surface area (Å²) in [5, 5.41) is 4.62. The number of hydrogen-bond donors (Lipinski definition) is 1. The van der Waals surface area contributed by atoms with Gasteiger partial charge in [-0.05, 0) is 44.0 Å². The zero-order valence-corrected chi connectivity index (χ0v) is 16.9. The molecule has 27 heavy (non-hydrogen) atoms. The van der Waals surface area contributed by atoms with Crippen LogP contribution in [0.3, 0.4) is 0 Å². The summed E-state index contributed by atoms with van der Waals surface area (Å²) in [6.07, 6.45) is 1.57. The first kappa shape index (κ1) is 18.1. The first-order chi connectivity index (χ1) is 13.0. The Hall–Kier alpha value is -2.32. The maximum atomic E-state index is 12.6. The van der Waals surface area contributed by atoms with Gasteiger partial charge in [-0.3, -0.25) is 4.79 Å². The predicted octanol–water partition coefficient (Wildman–Crippen LogP) is 3.83. The minimum Gasteiger partial charge on any atom is -0.454 e. The first-order valence-electron chi connectivity index (χ1n) is 8.56. The molecule has 0 fully saturated rings. The maximum Gasteiger partial charge on any atom is 0.233 e. The summed E-state index contributed by atoms with van der Waals surface area (Å²) in [6, 6.07) is 5.68. The molecule has 0 saturated heterocycles. The Balaban J connectivity index is 1.43. The van der Waals surface area contributed by atoms with Gasteiger partial charge < -0.3 is 14.8 Å². The Labute approximate surface area is 165 Å². The minimum absolute atomic E-state index is 0.0333. The van der Waals surface area contributed by atoms with E-state index in [2.05, 4.69) is 29.1 Å². The number of thiophene rings is 1. The lowest BCUT2D eigenvalue weighted by Crippen LogP contribution is -2.30. The van der Waals surface area contributed by atoms with E-state index < -0.39 is 0 Å². The molecule has 0 saturated carbocycles. The van der Waals surface area contributed by atoms with Crippen LogP contribution in [0.1, 0.15) is 22.9 Å². The quantitative estimate of drug-likeness (QED) is 0.517. The molecular formula is C19H19N3O3S2. The van der Waals surface area contributed by atoms with Crippen molar-refractivity contribution in [2.75, 3.05) is 6.79 Å². The van der Waals surface area contributed by atoms with Gasteiger partial charge in [0.15, 0.2) is 11.5 Å². The van der Waals surface area contributed by atoms with Gasteiger partial charge in [-0.15, -0.1) is 11.3 Å². The summed E-state index contributed by atoms with van der Waals surface area (Å²) >= 11 is 3.12. The number of rotatable bonds is 5. The van der Waals surface area contributed by atoms with Crippen LogP contribution in [-0.4, -0.2) is 27.9 Å². The average Bonchev–Trinajstić information content (AvgIpc) is 3.24. The van der Waals surface area contributed by atoms with Gasteiger partial charge in [0.05, 0.1) is 5.25 Å². The number of hydrogen-bond acceptors (Lipinski definition) is 7. The van der Waals surface area contributed by atoms with Crippen molar-refractivity contribution in [2.45, 2.75) is 37.6 Å². The molecule has 3 heterocycles. The third-order valence-corrected chi connectivity index (χ3v) is 6.71. The van der Waals surface area contributed by atoms with Gasteiger partial charge in [-0.1, -0.05) is 17.8 Å². The Morgan fingerprint density at radius 3 is 2.96 bits per heavy atom. The van der Waals surface area contributed by atoms with Crippen molar-refractivity contribution in [2.24, 2.45) is 0 Å². The zero-order chi connectivity index (χ0) is 19.0. The Morgan fingerprint density at radius 2 is 2.11 bits per heavy atom. The van der Waals surface area contributed by atoms with Crippen LogP contribution in [0.5, 0.6) is 11.5 Å². The molecular weight excluding hydrogens is 382 g/mol. The topological polar surface area (TPSA) is 73.3 Å². The zero-order valence-electron chi connectivity index (χ0n) is 15.2. The molecule has 1 aromatic carbocycles. The van der Waals surface area contributed by atoms with Crippen LogP contribution in [0.25, 0.3) is 10.2 Å². The fourth-order valence-electron chi connectivity index (χ4n) is 2.84. The monoisotopic (exact) mass is 401 g/mol. The fraction of sp³-hybridized carbons (Fsp3) is 0.316. The van der Waals surface area contributed by atoms with Crippen molar-refractivity contribution in [3.63, 3.8) is 0 Å². The minimum atomic E-state index is -0.267. The second-order valence-electron chi connectivity index (χ2n) is 6.31. The van der Waals surface area contributed by atoms with Crippen molar-refractivity contribution in [3.05, 3.63) is 40.5 Å². The highest BCUT2D eigenvalue weighted by atomic mass is 32.2. The number of thioether (sulfide) groups is 1. The van der Waals surface area contributed by atoms with E-state index in [1.165, 1.54) is 22.2 Å². The lowest BCUT2D eigenvalue weighted by Gasteiger charge is -2.12. The molecule has 1 amide bonds. The summed E-state index contributed by atoms with van der Waals surface area (Å²) < 4.78 is 10.7. The van der Waals surface area contributed by atoms with Gasteiger partial charge in [0, 0.05) is 16.8 Å². The molecule has 4 rings (SSSR count). The number of carbonyl (C=O) groups is 1. The number of nitrogens with one attached hydrogen (secondary N) is 1. The Morgan fingerprint density at radius 1 is 1.30 bits per heavy atom. The van der Waals surface area contributed by atoms with Gasteiger partial charge in [-0.25, -0.2) is 9.97 Å². The predicted molar refractivity (Wildman–Crippen MR) is 107 cm³/mol. The second kappa shape index (κ2) is 7.36. The van der Waals surface area contributed by atoms with Gasteiger partial charge in [-0.2, -0.15) is 0 Å². The molecule has 2 aromatic heterocycles. The number of ether oxygens (including phenoxy) is 2. The smallest absolute Gasteiger partial charge is 0.233 e. The standard InChI is InChI=1S/C19H19N3O3S2/c1-10-11(2)26-18-16(10)19(22-8-21-18)27-12(3)17(23)20-7-13-4-5-14-15(6-13)25-9-24-14/h4-6,8,12H,7,9H2,1-3H3,(H,20,23)/t12-/m1/s1. The number of benzene rings is 1. The van der Waals surface area contributed by atoms with E-state index in [1.807, 2.05) is 25.1 Å². The summed E-state index contributed by atoms with van der Waals surface area (Å²) in [4.78, 5) is 23.5. The molecule has 6 nitrogen and oxygen atoms in total. The van der Waals surface area contributed by atoms with E-state index in [9.17, 15) is 4.79 Å². The number of aromatic nitrogens is 2. The Bertz CT molecular complexity index is 1020. The highest BCUT2D eigenvalue weighted by Gasteiger charge is 2.20. The van der Waals surface area contributed by atoms with Crippen LogP contribution in [0.2, 0.25) is 0 Å². The van der Waals surface area contributed by atoms with E-state index in [1.54, 1.807) is 17.7 Å². The molecule has 0 bridgehead atoms. The second-order valence-corrected chi connectivity index (χ2v) is 8.84. The van der Waals surface area contributed by atoms with Gasteiger partial charge >= 0.3 is 0 Å². The summed E-state index contributed by atoms with van der Waals surface area (Å²) in [5.74, 6) is 1.42. The van der Waals surface area contributed by atoms with Crippen molar-refractivity contribution < 1.29 is 14.3 Å². The normalized spacial score (nSPS) is 13.7. The van der Waals surface area contributed by atoms with E-state index in [4.69, 9.17) is 9.47 Å². The van der Waals surface area contributed by atoms with Crippen LogP contribution in [0, 0.1) is 13.8 Å². The number of nitrogens with zero attached hydrogens (tertiary/aromatic N) is 2. The molecule has 1 aliphatic rings. The van der Waals surface area contributed by atoms with Crippen LogP contribution in [-0.2, 0) is 11.3 Å². The van der Waals surface area contributed by atoms with E-state index >= 15 is 0 Å². The van der Waals surface area contributed by atoms with Crippen LogP contribution in [0.15, 0.2) is 29.6 Å². The molecule has 0 spiro atoms. The third-order valence-electron chi connectivity index (χ3n) is 4.49. The molecule has 3 aromatic rings. The summed E-state index contributed by atoms with van der Waals surface area (Å²) in [5.41, 5.74) is 2.16. The molecule has 8 heteroatoms. The van der Waals surface area contributed by atoms with Crippen molar-refractivity contribution in [3.8, 4) is 11.5 Å². The summed E-state index contributed by atoms with van der Waals surface area (Å²) in [7, 11) is 0. The van der Waals surface area contributed by atoms with E-state index in [-0.39, 0.29) is 18.0 Å². The summed E-state index contributed by atoms with van der Waals surface area (Å²) in [6.45, 7) is 6.73. The molecule has 1 atom stereocenters. The highest BCUT2D eigenvalue weighted by Crippen LogP contribution is 2.36. The first-order valence-corrected chi connectivity index (χ1v) is 10.3. The lowest BCUT2D eigenvalue weighted by molar-refractivity contribution is -0.120. The largest absolute Gasteiger partial charge is 0.454 e. The van der Waals surface area contributed by atoms with Gasteiger partial charge in [0.25, 0.3) is 0 Å². The van der Waals surface area contributed by atoms with Crippen molar-refractivity contribution in [1.82, 2.24) is 15.3 Å². The van der Waals surface area contributed by atoms with Gasteiger partial charge in [0.1, 0.15) is 16.2 Å². The molecule has 0 unspecified atom stereocenters. The number of amides is 1. The van der Waals surface area contributed by atoms with Gasteiger partial charge in [0.2, 0.25) is 12.7 Å². The number of carbonyl (C=O) groups excluding carboxylic acids is 1. The number of fused-ring (bicyclic) bond motifs is 2. The molecule has 1 aliphatic heterocycles. The van der Waals surface area contributed by atoms with E-state index in [0.717, 1.165) is 32.3 Å². The molecule has 0 aliphatic carbocycles. The molecule has 1 N–H and O–H groups in total. The van der Waals surface area contributed by atoms with Crippen molar-refractivity contribution >= 4 is 39.2 Å². The maximum absolute atomic E-state index is 12.6. The number of aryl methyl sites for hydroxylation is 2. The lowest BCUT2D eigenvalue weighted by atomic mass is 10.2. The fourth-order valence-corrected chi connectivity index (χ4v) is 4.91. The third kappa shape index (κ3) is 3.59. The van der Waals surface area contributed by atoms with E-state index in [0.29, 0.717) is 6.54 Å². The molecule has 140 valence electrons. The van der Waals surface area contributed by atoms with Crippen molar-refractivity contribution in [1.29, 1.82) is 0 Å². The molecule has 0 radical (unpaired) electrons. The van der Waals surface area contributed by atoms with Crippen LogP contribution in [0.4, 0.5) is 0 Å². The van der Waals surface area contributed by atoms with Crippen LogP contribution >= 0.6 is 23.1 Å². The van der Waals surface area contributed by atoms with Crippen LogP contribution < -0.4 is 14.8 Å². The average molecular weight is 402 g/mol. The SMILES string of the molecule is Cc1sc2ncnc(S[C@H](C)C(=O)NCc3ccc4c(c3)OCO4)c2c1C. The highest BCUT2D eigenvalue weighted by molar-refractivity contribution is 8.00. The Kier molecular flexibility index (Phi) is 4.92.